The molecule has 0 aliphatic heterocycles. The van der Waals surface area contributed by atoms with E-state index < -0.39 is 10.0 Å². The van der Waals surface area contributed by atoms with Gasteiger partial charge in [0.15, 0.2) is 0 Å². The van der Waals surface area contributed by atoms with Crippen LogP contribution in [-0.4, -0.2) is 17.8 Å². The van der Waals surface area contributed by atoms with Crippen molar-refractivity contribution in [3.63, 3.8) is 0 Å². The smallest absolute Gasteiger partial charge is 0.262 e. The average molecular weight is 391 g/mol. The first-order valence-electron chi connectivity index (χ1n) is 8.99. The van der Waals surface area contributed by atoms with Crippen LogP contribution in [0, 0.1) is 20.8 Å². The van der Waals surface area contributed by atoms with Crippen molar-refractivity contribution in [3.05, 3.63) is 83.7 Å². The van der Waals surface area contributed by atoms with E-state index >= 15 is 0 Å². The second-order valence-electron chi connectivity index (χ2n) is 6.98. The van der Waals surface area contributed by atoms with Crippen LogP contribution in [0.25, 0.3) is 16.9 Å². The first-order valence-corrected chi connectivity index (χ1v) is 10.5. The summed E-state index contributed by atoms with van der Waals surface area (Å²) in [6, 6.07) is 18.5. The van der Waals surface area contributed by atoms with E-state index in [-0.39, 0.29) is 4.90 Å². The predicted octanol–water partition coefficient (Wildman–Crippen LogP) is 4.73. The van der Waals surface area contributed by atoms with E-state index in [2.05, 4.69) is 9.71 Å². The fraction of sp³-hybridized carbons (Fsp3) is 0.136. The zero-order chi connectivity index (χ0) is 19.9. The third-order valence-electron chi connectivity index (χ3n) is 4.73. The fourth-order valence-corrected chi connectivity index (χ4v) is 4.62. The zero-order valence-corrected chi connectivity index (χ0v) is 16.8. The summed E-state index contributed by atoms with van der Waals surface area (Å²) in [7, 11) is -3.67. The molecule has 0 atom stereocenters. The number of anilines is 1. The normalized spacial score (nSPS) is 11.7. The number of hydrogen-bond donors (Lipinski definition) is 1. The lowest BCUT2D eigenvalue weighted by atomic mass is 10.1. The maximum absolute atomic E-state index is 12.8. The van der Waals surface area contributed by atoms with Gasteiger partial charge in [0, 0.05) is 23.1 Å². The molecular weight excluding hydrogens is 370 g/mol. The van der Waals surface area contributed by atoms with Crippen LogP contribution in [0.3, 0.4) is 0 Å². The average Bonchev–Trinajstić information content (AvgIpc) is 3.07. The van der Waals surface area contributed by atoms with Crippen molar-refractivity contribution < 1.29 is 8.42 Å². The Hall–Kier alpha value is -3.12. The van der Waals surface area contributed by atoms with Crippen molar-refractivity contribution in [2.24, 2.45) is 0 Å². The van der Waals surface area contributed by atoms with E-state index in [1.807, 2.05) is 60.8 Å². The minimum Gasteiger partial charge on any atom is -0.304 e. The van der Waals surface area contributed by atoms with Crippen LogP contribution in [0.4, 0.5) is 5.69 Å². The maximum atomic E-state index is 12.8. The van der Waals surface area contributed by atoms with Gasteiger partial charge in [0.1, 0.15) is 5.65 Å². The highest BCUT2D eigenvalue weighted by molar-refractivity contribution is 7.92. The van der Waals surface area contributed by atoms with E-state index in [1.54, 1.807) is 31.2 Å². The van der Waals surface area contributed by atoms with Crippen molar-refractivity contribution in [2.45, 2.75) is 25.7 Å². The predicted molar refractivity (Wildman–Crippen MR) is 112 cm³/mol. The molecule has 6 heteroatoms. The van der Waals surface area contributed by atoms with Crippen LogP contribution in [0.5, 0.6) is 0 Å². The summed E-state index contributed by atoms with van der Waals surface area (Å²) < 4.78 is 30.4. The van der Waals surface area contributed by atoms with Crippen LogP contribution in [0.15, 0.2) is 71.8 Å². The molecular formula is C22H21N3O2S. The third-order valence-corrected chi connectivity index (χ3v) is 6.27. The molecule has 0 unspecified atom stereocenters. The summed E-state index contributed by atoms with van der Waals surface area (Å²) in [6.45, 7) is 5.76. The molecule has 0 saturated carbocycles. The second kappa shape index (κ2) is 6.80. The number of benzene rings is 2. The van der Waals surface area contributed by atoms with E-state index in [0.29, 0.717) is 5.69 Å². The fourth-order valence-electron chi connectivity index (χ4n) is 3.34. The molecule has 0 radical (unpaired) electrons. The number of rotatable bonds is 4. The number of nitrogens with zero attached hydrogens (tertiary/aromatic N) is 2. The highest BCUT2D eigenvalue weighted by atomic mass is 32.2. The lowest BCUT2D eigenvalue weighted by Gasteiger charge is -2.11. The molecule has 5 nitrogen and oxygen atoms in total. The highest BCUT2D eigenvalue weighted by Crippen LogP contribution is 2.25. The molecule has 2 heterocycles. The molecule has 0 spiro atoms. The molecule has 0 saturated heterocycles. The molecule has 28 heavy (non-hydrogen) atoms. The first kappa shape index (κ1) is 18.3. The molecule has 1 N–H and O–H groups in total. The van der Waals surface area contributed by atoms with Crippen LogP contribution in [0.2, 0.25) is 0 Å². The Bertz CT molecular complexity index is 1290. The largest absolute Gasteiger partial charge is 0.304 e. The third kappa shape index (κ3) is 3.39. The Labute approximate surface area is 164 Å². The summed E-state index contributed by atoms with van der Waals surface area (Å²) in [4.78, 5) is 4.93. The van der Waals surface area contributed by atoms with Gasteiger partial charge in [-0.2, -0.15) is 0 Å². The Morgan fingerprint density at radius 3 is 2.46 bits per heavy atom. The molecule has 0 aliphatic carbocycles. The Kier molecular flexibility index (Phi) is 4.43. The van der Waals surface area contributed by atoms with Gasteiger partial charge in [0.25, 0.3) is 10.0 Å². The molecule has 0 amide bonds. The molecule has 4 rings (SSSR count). The Morgan fingerprint density at radius 2 is 1.71 bits per heavy atom. The van der Waals surface area contributed by atoms with Gasteiger partial charge in [0.2, 0.25) is 0 Å². The van der Waals surface area contributed by atoms with Gasteiger partial charge < -0.3 is 4.40 Å². The van der Waals surface area contributed by atoms with E-state index in [9.17, 15) is 8.42 Å². The SMILES string of the molecule is Cc1ccc(S(=O)(=O)Nc2cccc(-c3cn4c(C)cccc4n3)c2)c(C)c1. The number of aryl methyl sites for hydroxylation is 3. The number of aromatic nitrogens is 2. The Morgan fingerprint density at radius 1 is 0.929 bits per heavy atom. The van der Waals surface area contributed by atoms with Crippen molar-refractivity contribution >= 4 is 21.4 Å². The van der Waals surface area contributed by atoms with E-state index in [4.69, 9.17) is 0 Å². The molecule has 4 aromatic rings. The lowest BCUT2D eigenvalue weighted by Crippen LogP contribution is -2.14. The monoisotopic (exact) mass is 391 g/mol. The number of nitrogens with one attached hydrogen (secondary N) is 1. The zero-order valence-electron chi connectivity index (χ0n) is 16.0. The van der Waals surface area contributed by atoms with Crippen molar-refractivity contribution in [1.82, 2.24) is 9.38 Å². The van der Waals surface area contributed by atoms with Gasteiger partial charge in [-0.1, -0.05) is 35.9 Å². The van der Waals surface area contributed by atoms with Crippen molar-refractivity contribution in [1.29, 1.82) is 0 Å². The molecule has 2 aromatic heterocycles. The molecule has 0 aliphatic rings. The van der Waals surface area contributed by atoms with E-state index in [0.717, 1.165) is 33.7 Å². The molecule has 2 aromatic carbocycles. The number of fused-ring (bicyclic) bond motifs is 1. The van der Waals surface area contributed by atoms with Gasteiger partial charge in [-0.25, -0.2) is 13.4 Å². The first-order chi connectivity index (χ1) is 13.3. The Balaban J connectivity index is 1.69. The van der Waals surface area contributed by atoms with Gasteiger partial charge in [-0.3, -0.25) is 4.72 Å². The topological polar surface area (TPSA) is 63.5 Å². The maximum Gasteiger partial charge on any atom is 0.262 e. The number of hydrogen-bond acceptors (Lipinski definition) is 3. The second-order valence-corrected chi connectivity index (χ2v) is 8.63. The number of imidazole rings is 1. The quantitative estimate of drug-likeness (QED) is 0.547. The van der Waals surface area contributed by atoms with Crippen molar-refractivity contribution in [3.8, 4) is 11.3 Å². The summed E-state index contributed by atoms with van der Waals surface area (Å²) in [5.41, 5.74) is 5.84. The van der Waals surface area contributed by atoms with Gasteiger partial charge in [-0.05, 0) is 56.7 Å². The molecule has 142 valence electrons. The van der Waals surface area contributed by atoms with Crippen molar-refractivity contribution in [2.75, 3.05) is 4.72 Å². The van der Waals surface area contributed by atoms with Gasteiger partial charge in [0.05, 0.1) is 10.6 Å². The van der Waals surface area contributed by atoms with Gasteiger partial charge in [-0.15, -0.1) is 0 Å². The van der Waals surface area contributed by atoms with Crippen LogP contribution in [-0.2, 0) is 10.0 Å². The highest BCUT2D eigenvalue weighted by Gasteiger charge is 2.17. The minimum atomic E-state index is -3.67. The summed E-state index contributed by atoms with van der Waals surface area (Å²) in [5, 5.41) is 0. The summed E-state index contributed by atoms with van der Waals surface area (Å²) in [6.07, 6.45) is 1.96. The summed E-state index contributed by atoms with van der Waals surface area (Å²) >= 11 is 0. The lowest BCUT2D eigenvalue weighted by molar-refractivity contribution is 0.600. The number of sulfonamides is 1. The molecule has 0 bridgehead atoms. The van der Waals surface area contributed by atoms with Crippen LogP contribution >= 0.6 is 0 Å². The number of pyridine rings is 1. The molecule has 0 fully saturated rings. The standard InChI is InChI=1S/C22H21N3O2S/c1-15-10-11-21(16(2)12-15)28(26,27)24-19-8-5-7-18(13-19)20-14-25-17(3)6-4-9-22(25)23-20/h4-14,24H,1-3H3. The van der Waals surface area contributed by atoms with E-state index in [1.165, 1.54) is 0 Å². The summed E-state index contributed by atoms with van der Waals surface area (Å²) in [5.74, 6) is 0. The van der Waals surface area contributed by atoms with Crippen LogP contribution in [0.1, 0.15) is 16.8 Å². The van der Waals surface area contributed by atoms with Gasteiger partial charge >= 0.3 is 0 Å². The minimum absolute atomic E-state index is 0.284. The van der Waals surface area contributed by atoms with Crippen LogP contribution < -0.4 is 4.72 Å².